The Bertz CT molecular complexity index is 719. The Morgan fingerprint density at radius 3 is 2.12 bits per heavy atom. The number of halogens is 1. The van der Waals surface area contributed by atoms with Gasteiger partial charge < -0.3 is 14.8 Å². The average Bonchev–Trinajstić information content (AvgIpc) is 2.54. The SMILES string of the molecule is CCOC(=O)C1=C(C)NC(C)=C(C(=O)OC)C1c1ccc(Br)cc1. The molecule has 0 saturated carbocycles. The Morgan fingerprint density at radius 1 is 1.08 bits per heavy atom. The molecular weight excluding hydrogens is 374 g/mol. The van der Waals surface area contributed by atoms with Crippen LogP contribution in [0.15, 0.2) is 51.3 Å². The van der Waals surface area contributed by atoms with E-state index >= 15 is 0 Å². The van der Waals surface area contributed by atoms with E-state index in [9.17, 15) is 9.59 Å². The molecule has 1 aliphatic rings. The molecule has 0 amide bonds. The van der Waals surface area contributed by atoms with Gasteiger partial charge in [-0.1, -0.05) is 28.1 Å². The summed E-state index contributed by atoms with van der Waals surface area (Å²) in [6.07, 6.45) is 0. The fourth-order valence-corrected chi connectivity index (χ4v) is 3.11. The number of benzene rings is 1. The predicted molar refractivity (Wildman–Crippen MR) is 94.1 cm³/mol. The van der Waals surface area contributed by atoms with Crippen molar-refractivity contribution in [1.29, 1.82) is 0 Å². The number of ether oxygens (including phenoxy) is 2. The van der Waals surface area contributed by atoms with Crippen LogP contribution < -0.4 is 5.32 Å². The number of allylic oxidation sites excluding steroid dienone is 2. The van der Waals surface area contributed by atoms with E-state index in [1.807, 2.05) is 24.3 Å². The standard InChI is InChI=1S/C18H20BrNO4/c1-5-24-18(22)15-11(3)20-10(2)14(17(21)23-4)16(15)12-6-8-13(19)9-7-12/h6-9,16,20H,5H2,1-4H3. The third-order valence-corrected chi connectivity index (χ3v) is 4.39. The predicted octanol–water partition coefficient (Wildman–Crippen LogP) is 3.42. The highest BCUT2D eigenvalue weighted by Crippen LogP contribution is 2.39. The summed E-state index contributed by atoms with van der Waals surface area (Å²) in [5.41, 5.74) is 2.99. The molecule has 1 N–H and O–H groups in total. The molecule has 1 aromatic rings. The highest BCUT2D eigenvalue weighted by Gasteiger charge is 2.37. The second kappa shape index (κ2) is 7.66. The first-order valence-electron chi connectivity index (χ1n) is 7.60. The van der Waals surface area contributed by atoms with Gasteiger partial charge in [0.2, 0.25) is 0 Å². The molecule has 1 unspecified atom stereocenters. The molecule has 0 saturated heterocycles. The van der Waals surface area contributed by atoms with Crippen LogP contribution >= 0.6 is 15.9 Å². The van der Waals surface area contributed by atoms with Crippen LogP contribution in [0, 0.1) is 0 Å². The third-order valence-electron chi connectivity index (χ3n) is 3.86. The molecule has 0 radical (unpaired) electrons. The van der Waals surface area contributed by atoms with Crippen LogP contribution in [0.1, 0.15) is 32.3 Å². The van der Waals surface area contributed by atoms with Crippen LogP contribution in [-0.4, -0.2) is 25.7 Å². The zero-order valence-corrected chi connectivity index (χ0v) is 15.7. The van der Waals surface area contributed by atoms with Crippen molar-refractivity contribution in [1.82, 2.24) is 5.32 Å². The van der Waals surface area contributed by atoms with Crippen molar-refractivity contribution in [2.45, 2.75) is 26.7 Å². The lowest BCUT2D eigenvalue weighted by atomic mass is 9.80. The van der Waals surface area contributed by atoms with E-state index in [2.05, 4.69) is 21.2 Å². The molecule has 0 aromatic heterocycles. The molecule has 1 heterocycles. The zero-order chi connectivity index (χ0) is 17.9. The van der Waals surface area contributed by atoms with Gasteiger partial charge in [0.25, 0.3) is 0 Å². The van der Waals surface area contributed by atoms with Gasteiger partial charge in [0, 0.05) is 15.9 Å². The molecular formula is C18H20BrNO4. The summed E-state index contributed by atoms with van der Waals surface area (Å²) >= 11 is 3.40. The van der Waals surface area contributed by atoms with Crippen molar-refractivity contribution in [3.8, 4) is 0 Å². The molecule has 1 atom stereocenters. The monoisotopic (exact) mass is 393 g/mol. The average molecular weight is 394 g/mol. The summed E-state index contributed by atoms with van der Waals surface area (Å²) in [5, 5.41) is 3.09. The Labute approximate surface area is 149 Å². The van der Waals surface area contributed by atoms with E-state index in [1.54, 1.807) is 20.8 Å². The maximum atomic E-state index is 12.5. The molecule has 0 spiro atoms. The first-order chi connectivity index (χ1) is 11.4. The summed E-state index contributed by atoms with van der Waals surface area (Å²) < 4.78 is 11.1. The Kier molecular flexibility index (Phi) is 5.83. The normalized spacial score (nSPS) is 17.5. The number of rotatable bonds is 4. The minimum Gasteiger partial charge on any atom is -0.466 e. The quantitative estimate of drug-likeness (QED) is 0.793. The summed E-state index contributed by atoms with van der Waals surface area (Å²) in [4.78, 5) is 24.9. The van der Waals surface area contributed by atoms with E-state index in [0.29, 0.717) is 22.5 Å². The van der Waals surface area contributed by atoms with E-state index in [4.69, 9.17) is 9.47 Å². The largest absolute Gasteiger partial charge is 0.466 e. The molecule has 1 aromatic carbocycles. The highest BCUT2D eigenvalue weighted by molar-refractivity contribution is 9.10. The first-order valence-corrected chi connectivity index (χ1v) is 8.39. The second-order valence-electron chi connectivity index (χ2n) is 5.40. The molecule has 2 rings (SSSR count). The summed E-state index contributed by atoms with van der Waals surface area (Å²) in [5.74, 6) is -1.45. The van der Waals surface area contributed by atoms with Gasteiger partial charge in [-0.05, 0) is 38.5 Å². The molecule has 1 aliphatic heterocycles. The molecule has 24 heavy (non-hydrogen) atoms. The van der Waals surface area contributed by atoms with Crippen molar-refractivity contribution in [2.75, 3.05) is 13.7 Å². The summed E-state index contributed by atoms with van der Waals surface area (Å²) in [7, 11) is 1.33. The van der Waals surface area contributed by atoms with E-state index < -0.39 is 17.9 Å². The fourth-order valence-electron chi connectivity index (χ4n) is 2.84. The van der Waals surface area contributed by atoms with Crippen LogP contribution in [-0.2, 0) is 19.1 Å². The number of hydrogen-bond donors (Lipinski definition) is 1. The van der Waals surface area contributed by atoms with Gasteiger partial charge in [0.05, 0.1) is 30.8 Å². The van der Waals surface area contributed by atoms with E-state index in [0.717, 1.165) is 10.0 Å². The number of esters is 2. The number of nitrogens with one attached hydrogen (secondary N) is 1. The maximum Gasteiger partial charge on any atom is 0.336 e. The van der Waals surface area contributed by atoms with Gasteiger partial charge in [0.1, 0.15) is 0 Å². The lowest BCUT2D eigenvalue weighted by molar-refractivity contribution is -0.139. The van der Waals surface area contributed by atoms with Crippen molar-refractivity contribution in [3.63, 3.8) is 0 Å². The van der Waals surface area contributed by atoms with Gasteiger partial charge in [-0.2, -0.15) is 0 Å². The lowest BCUT2D eigenvalue weighted by Gasteiger charge is -2.30. The van der Waals surface area contributed by atoms with Crippen LogP contribution in [0.3, 0.4) is 0 Å². The smallest absolute Gasteiger partial charge is 0.336 e. The van der Waals surface area contributed by atoms with Crippen LogP contribution in [0.25, 0.3) is 0 Å². The first kappa shape index (κ1) is 18.3. The van der Waals surface area contributed by atoms with Gasteiger partial charge in [-0.3, -0.25) is 0 Å². The fraction of sp³-hybridized carbons (Fsp3) is 0.333. The molecule has 5 nitrogen and oxygen atoms in total. The van der Waals surface area contributed by atoms with Crippen molar-refractivity contribution in [3.05, 3.63) is 56.8 Å². The molecule has 0 fully saturated rings. The topological polar surface area (TPSA) is 64.6 Å². The van der Waals surface area contributed by atoms with Crippen LogP contribution in [0.5, 0.6) is 0 Å². The second-order valence-corrected chi connectivity index (χ2v) is 6.31. The Hall–Kier alpha value is -2.08. The molecule has 0 bridgehead atoms. The number of carbonyl (C=O) groups is 2. The minimum absolute atomic E-state index is 0.263. The minimum atomic E-state index is -0.536. The number of dihydropyridines is 1. The molecule has 0 aliphatic carbocycles. The maximum absolute atomic E-state index is 12.5. The molecule has 6 heteroatoms. The van der Waals surface area contributed by atoms with Gasteiger partial charge in [-0.15, -0.1) is 0 Å². The van der Waals surface area contributed by atoms with Gasteiger partial charge >= 0.3 is 11.9 Å². The van der Waals surface area contributed by atoms with E-state index in [-0.39, 0.29) is 6.61 Å². The van der Waals surface area contributed by atoms with E-state index in [1.165, 1.54) is 7.11 Å². The van der Waals surface area contributed by atoms with Crippen LogP contribution in [0.4, 0.5) is 0 Å². The van der Waals surface area contributed by atoms with Crippen LogP contribution in [0.2, 0.25) is 0 Å². The Morgan fingerprint density at radius 2 is 1.62 bits per heavy atom. The lowest BCUT2D eigenvalue weighted by Crippen LogP contribution is -2.32. The van der Waals surface area contributed by atoms with Crippen molar-refractivity contribution >= 4 is 27.9 Å². The zero-order valence-electron chi connectivity index (χ0n) is 14.1. The number of hydrogen-bond acceptors (Lipinski definition) is 5. The highest BCUT2D eigenvalue weighted by atomic mass is 79.9. The molecule has 128 valence electrons. The Balaban J connectivity index is 2.63. The third kappa shape index (κ3) is 3.53. The summed E-state index contributed by atoms with van der Waals surface area (Å²) in [6, 6.07) is 7.50. The summed E-state index contributed by atoms with van der Waals surface area (Å²) in [6.45, 7) is 5.61. The number of carbonyl (C=O) groups excluding carboxylic acids is 2. The van der Waals surface area contributed by atoms with Gasteiger partial charge in [-0.25, -0.2) is 9.59 Å². The number of methoxy groups -OCH3 is 1. The van der Waals surface area contributed by atoms with Crippen molar-refractivity contribution < 1.29 is 19.1 Å². The van der Waals surface area contributed by atoms with Gasteiger partial charge in [0.15, 0.2) is 0 Å². The van der Waals surface area contributed by atoms with Crippen molar-refractivity contribution in [2.24, 2.45) is 0 Å².